The van der Waals surface area contributed by atoms with Crippen LogP contribution in [0.25, 0.3) is 0 Å². The second-order valence-electron chi connectivity index (χ2n) is 5.95. The molecule has 0 amide bonds. The molecule has 1 aromatic carbocycles. The monoisotopic (exact) mass is 275 g/mol. The van der Waals surface area contributed by atoms with Gasteiger partial charge in [-0.3, -0.25) is 0 Å². The number of rotatable bonds is 5. The topological polar surface area (TPSA) is 70.6 Å². The molecule has 2 atom stereocenters. The SMILES string of the molecule is CC1CCCC(CNCc2cccc(/C(N)=N/O)c2)C1. The molecule has 1 aliphatic carbocycles. The highest BCUT2D eigenvalue weighted by Gasteiger charge is 2.18. The van der Waals surface area contributed by atoms with Gasteiger partial charge >= 0.3 is 0 Å². The van der Waals surface area contributed by atoms with E-state index < -0.39 is 0 Å². The molecule has 1 aliphatic rings. The van der Waals surface area contributed by atoms with Crippen molar-refractivity contribution in [1.82, 2.24) is 5.32 Å². The van der Waals surface area contributed by atoms with Gasteiger partial charge in [-0.05, 0) is 42.9 Å². The minimum atomic E-state index is 0.160. The Bertz CT molecular complexity index is 459. The lowest BCUT2D eigenvalue weighted by molar-refractivity contribution is 0.274. The Balaban J connectivity index is 1.82. The Morgan fingerprint density at radius 2 is 2.30 bits per heavy atom. The van der Waals surface area contributed by atoms with E-state index >= 15 is 0 Å². The second-order valence-corrected chi connectivity index (χ2v) is 5.95. The summed E-state index contributed by atoms with van der Waals surface area (Å²) < 4.78 is 0. The quantitative estimate of drug-likeness (QED) is 0.335. The van der Waals surface area contributed by atoms with Gasteiger partial charge in [-0.25, -0.2) is 0 Å². The second kappa shape index (κ2) is 7.29. The molecule has 0 heterocycles. The highest BCUT2D eigenvalue weighted by atomic mass is 16.4. The van der Waals surface area contributed by atoms with Gasteiger partial charge in [-0.2, -0.15) is 0 Å². The van der Waals surface area contributed by atoms with Gasteiger partial charge in [0.05, 0.1) is 0 Å². The van der Waals surface area contributed by atoms with Crippen LogP contribution < -0.4 is 11.1 Å². The van der Waals surface area contributed by atoms with E-state index in [1.807, 2.05) is 18.2 Å². The average molecular weight is 275 g/mol. The lowest BCUT2D eigenvalue weighted by Gasteiger charge is -2.26. The molecular weight excluding hydrogens is 250 g/mol. The molecule has 2 rings (SSSR count). The first kappa shape index (κ1) is 14.9. The number of nitrogens with zero attached hydrogens (tertiary/aromatic N) is 1. The van der Waals surface area contributed by atoms with Crippen molar-refractivity contribution in [2.75, 3.05) is 6.54 Å². The third-order valence-corrected chi connectivity index (χ3v) is 4.14. The van der Waals surface area contributed by atoms with Crippen LogP contribution in [0.3, 0.4) is 0 Å². The third-order valence-electron chi connectivity index (χ3n) is 4.14. The van der Waals surface area contributed by atoms with Crippen molar-refractivity contribution >= 4 is 5.84 Å². The van der Waals surface area contributed by atoms with Gasteiger partial charge in [0.2, 0.25) is 0 Å². The Hall–Kier alpha value is -1.55. The van der Waals surface area contributed by atoms with E-state index in [0.717, 1.165) is 36.1 Å². The smallest absolute Gasteiger partial charge is 0.170 e. The van der Waals surface area contributed by atoms with E-state index in [0.29, 0.717) is 0 Å². The highest BCUT2D eigenvalue weighted by molar-refractivity contribution is 5.97. The summed E-state index contributed by atoms with van der Waals surface area (Å²) in [6.45, 7) is 4.27. The van der Waals surface area contributed by atoms with Crippen LogP contribution in [-0.4, -0.2) is 17.6 Å². The standard InChI is InChI=1S/C16H25N3O/c1-12-4-2-5-13(8-12)10-18-11-14-6-3-7-15(9-14)16(17)19-20/h3,6-7,9,12-13,18,20H,2,4-5,8,10-11H2,1H3,(H2,17,19). The van der Waals surface area contributed by atoms with Gasteiger partial charge in [0.25, 0.3) is 0 Å². The molecule has 1 aromatic rings. The molecule has 0 radical (unpaired) electrons. The Kier molecular flexibility index (Phi) is 5.41. The van der Waals surface area contributed by atoms with E-state index in [4.69, 9.17) is 10.9 Å². The molecule has 20 heavy (non-hydrogen) atoms. The summed E-state index contributed by atoms with van der Waals surface area (Å²) in [7, 11) is 0. The van der Waals surface area contributed by atoms with Crippen molar-refractivity contribution in [1.29, 1.82) is 0 Å². The molecule has 0 aromatic heterocycles. The van der Waals surface area contributed by atoms with E-state index in [1.54, 1.807) is 0 Å². The zero-order valence-electron chi connectivity index (χ0n) is 12.2. The predicted molar refractivity (Wildman–Crippen MR) is 81.8 cm³/mol. The van der Waals surface area contributed by atoms with E-state index in [-0.39, 0.29) is 5.84 Å². The van der Waals surface area contributed by atoms with E-state index in [9.17, 15) is 0 Å². The number of hydrogen-bond acceptors (Lipinski definition) is 3. The fraction of sp³-hybridized carbons (Fsp3) is 0.562. The Morgan fingerprint density at radius 3 is 3.05 bits per heavy atom. The fourth-order valence-corrected chi connectivity index (χ4v) is 3.06. The molecule has 1 saturated carbocycles. The maximum absolute atomic E-state index is 8.70. The summed E-state index contributed by atoms with van der Waals surface area (Å²) >= 11 is 0. The number of amidine groups is 1. The zero-order valence-corrected chi connectivity index (χ0v) is 12.2. The average Bonchev–Trinajstić information content (AvgIpc) is 2.47. The zero-order chi connectivity index (χ0) is 14.4. The fourth-order valence-electron chi connectivity index (χ4n) is 3.06. The number of nitrogens with one attached hydrogen (secondary N) is 1. The normalized spacial score (nSPS) is 23.8. The van der Waals surface area contributed by atoms with Crippen LogP contribution in [0.4, 0.5) is 0 Å². The van der Waals surface area contributed by atoms with Crippen LogP contribution in [0.2, 0.25) is 0 Å². The van der Waals surface area contributed by atoms with Crippen LogP contribution >= 0.6 is 0 Å². The predicted octanol–water partition coefficient (Wildman–Crippen LogP) is 2.70. The first-order valence-corrected chi connectivity index (χ1v) is 7.46. The first-order valence-electron chi connectivity index (χ1n) is 7.46. The Morgan fingerprint density at radius 1 is 1.45 bits per heavy atom. The molecule has 0 aliphatic heterocycles. The van der Waals surface area contributed by atoms with Crippen molar-refractivity contribution in [2.45, 2.75) is 39.2 Å². The largest absolute Gasteiger partial charge is 0.409 e. The summed E-state index contributed by atoms with van der Waals surface area (Å²) in [6.07, 6.45) is 5.45. The number of benzene rings is 1. The van der Waals surface area contributed by atoms with Crippen LogP contribution in [-0.2, 0) is 6.54 Å². The summed E-state index contributed by atoms with van der Waals surface area (Å²) in [6, 6.07) is 7.81. The maximum atomic E-state index is 8.70. The first-order chi connectivity index (χ1) is 9.69. The van der Waals surface area contributed by atoms with Gasteiger partial charge in [-0.1, -0.05) is 43.1 Å². The van der Waals surface area contributed by atoms with Crippen LogP contribution in [0.15, 0.2) is 29.4 Å². The summed E-state index contributed by atoms with van der Waals surface area (Å²) in [5, 5.41) is 15.3. The summed E-state index contributed by atoms with van der Waals surface area (Å²) in [5.41, 5.74) is 7.53. The van der Waals surface area contributed by atoms with Crippen molar-refractivity contribution in [3.8, 4) is 0 Å². The van der Waals surface area contributed by atoms with Gasteiger partial charge in [-0.15, -0.1) is 0 Å². The van der Waals surface area contributed by atoms with Crippen molar-refractivity contribution in [2.24, 2.45) is 22.7 Å². The third kappa shape index (κ3) is 4.23. The van der Waals surface area contributed by atoms with Crippen molar-refractivity contribution in [3.05, 3.63) is 35.4 Å². The number of oxime groups is 1. The maximum Gasteiger partial charge on any atom is 0.170 e. The van der Waals surface area contributed by atoms with Gasteiger partial charge in [0, 0.05) is 12.1 Å². The summed E-state index contributed by atoms with van der Waals surface area (Å²) in [4.78, 5) is 0. The molecule has 0 saturated heterocycles. The molecule has 1 fully saturated rings. The summed E-state index contributed by atoms with van der Waals surface area (Å²) in [5.74, 6) is 1.85. The molecule has 4 heteroatoms. The lowest BCUT2D eigenvalue weighted by Crippen LogP contribution is -2.26. The van der Waals surface area contributed by atoms with Gasteiger partial charge in [0.1, 0.15) is 0 Å². The molecule has 2 unspecified atom stereocenters. The van der Waals surface area contributed by atoms with Gasteiger partial charge < -0.3 is 16.3 Å². The van der Waals surface area contributed by atoms with E-state index in [1.165, 1.54) is 25.7 Å². The number of hydrogen-bond donors (Lipinski definition) is 3. The molecule has 0 bridgehead atoms. The Labute approximate surface area is 121 Å². The molecule has 110 valence electrons. The van der Waals surface area contributed by atoms with E-state index in [2.05, 4.69) is 23.5 Å². The van der Waals surface area contributed by atoms with Crippen molar-refractivity contribution in [3.63, 3.8) is 0 Å². The minimum absolute atomic E-state index is 0.160. The van der Waals surface area contributed by atoms with Crippen LogP contribution in [0, 0.1) is 11.8 Å². The highest BCUT2D eigenvalue weighted by Crippen LogP contribution is 2.27. The molecule has 4 N–H and O–H groups in total. The number of nitrogens with two attached hydrogens (primary N) is 1. The van der Waals surface area contributed by atoms with Crippen LogP contribution in [0.1, 0.15) is 43.7 Å². The lowest BCUT2D eigenvalue weighted by atomic mass is 9.82. The molecular formula is C16H25N3O. The van der Waals surface area contributed by atoms with Crippen LogP contribution in [0.5, 0.6) is 0 Å². The minimum Gasteiger partial charge on any atom is -0.409 e. The van der Waals surface area contributed by atoms with Crippen molar-refractivity contribution < 1.29 is 5.21 Å². The molecule has 0 spiro atoms. The van der Waals surface area contributed by atoms with Gasteiger partial charge in [0.15, 0.2) is 5.84 Å². The molecule has 4 nitrogen and oxygen atoms in total.